The van der Waals surface area contributed by atoms with Gasteiger partial charge in [0.25, 0.3) is 0 Å². The highest BCUT2D eigenvalue weighted by Crippen LogP contribution is 2.27. The molecule has 1 unspecified atom stereocenters. The van der Waals surface area contributed by atoms with Crippen molar-refractivity contribution < 1.29 is 9.47 Å². The third-order valence-corrected chi connectivity index (χ3v) is 4.82. The lowest BCUT2D eigenvalue weighted by atomic mass is 9.96. The van der Waals surface area contributed by atoms with Crippen LogP contribution in [0.1, 0.15) is 19.0 Å². The summed E-state index contributed by atoms with van der Waals surface area (Å²) in [4.78, 5) is 7.48. The van der Waals surface area contributed by atoms with E-state index in [0.717, 1.165) is 44.0 Å². The number of rotatable bonds is 8. The van der Waals surface area contributed by atoms with Crippen molar-refractivity contribution in [3.63, 3.8) is 0 Å². The van der Waals surface area contributed by atoms with E-state index in [1.807, 2.05) is 18.2 Å². The predicted octanol–water partition coefficient (Wildman–Crippen LogP) is 2.14. The maximum atomic E-state index is 5.98. The minimum atomic E-state index is -0.776. The van der Waals surface area contributed by atoms with Gasteiger partial charge < -0.3 is 14.8 Å². The minimum absolute atomic E-state index is 0.643. The van der Waals surface area contributed by atoms with E-state index in [1.165, 1.54) is 0 Å². The largest absolute Gasteiger partial charge is 0.379 e. The van der Waals surface area contributed by atoms with Crippen molar-refractivity contribution in [2.45, 2.75) is 18.9 Å². The first-order valence-electron chi connectivity index (χ1n) is 8.34. The Labute approximate surface area is 150 Å². The van der Waals surface area contributed by atoms with Gasteiger partial charge in [-0.1, -0.05) is 37.4 Å². The summed E-state index contributed by atoms with van der Waals surface area (Å²) in [5.41, 5.74) is 1.15. The number of pyridine rings is 1. The van der Waals surface area contributed by atoms with E-state index < -0.39 is 5.60 Å². The molecule has 1 aliphatic rings. The van der Waals surface area contributed by atoms with Crippen molar-refractivity contribution in [1.29, 1.82) is 0 Å². The van der Waals surface area contributed by atoms with Crippen LogP contribution in [0.2, 0.25) is 0 Å². The number of aromatic nitrogens is 1. The van der Waals surface area contributed by atoms with Gasteiger partial charge >= 0.3 is 0 Å². The first kappa shape index (κ1) is 19.0. The average molecular weight is 350 g/mol. The molecule has 1 saturated heterocycles. The van der Waals surface area contributed by atoms with E-state index in [4.69, 9.17) is 21.7 Å². The molecule has 1 aromatic rings. The second-order valence-corrected chi connectivity index (χ2v) is 6.33. The summed E-state index contributed by atoms with van der Waals surface area (Å²) in [6.45, 7) is 10.6. The Morgan fingerprint density at radius 3 is 2.79 bits per heavy atom. The maximum Gasteiger partial charge on any atom is 0.172 e. The van der Waals surface area contributed by atoms with Crippen molar-refractivity contribution in [2.75, 3.05) is 46.5 Å². The predicted molar refractivity (Wildman–Crippen MR) is 100 cm³/mol. The maximum absolute atomic E-state index is 5.98. The molecule has 132 valence electrons. The zero-order valence-corrected chi connectivity index (χ0v) is 15.4. The molecule has 0 spiro atoms. The summed E-state index contributed by atoms with van der Waals surface area (Å²) in [5, 5.41) is 3.32. The Hall–Kier alpha value is -1.34. The number of nitrogens with zero attached hydrogens (tertiary/aromatic N) is 2. The zero-order chi connectivity index (χ0) is 17.4. The molecule has 0 bridgehead atoms. The van der Waals surface area contributed by atoms with Crippen LogP contribution in [0.3, 0.4) is 0 Å². The summed E-state index contributed by atoms with van der Waals surface area (Å²) in [6, 6.07) is 5.82. The number of ether oxygens (including phenoxy) is 2. The van der Waals surface area contributed by atoms with Crippen LogP contribution in [-0.2, 0) is 15.1 Å². The van der Waals surface area contributed by atoms with Crippen molar-refractivity contribution in [3.8, 4) is 0 Å². The fraction of sp³-hybridized carbons (Fsp3) is 0.556. The number of hydrogen-bond donors (Lipinski definition) is 1. The number of methoxy groups -OCH3 is 1. The van der Waals surface area contributed by atoms with E-state index in [-0.39, 0.29) is 0 Å². The Kier molecular flexibility index (Phi) is 7.30. The second kappa shape index (κ2) is 9.22. The monoisotopic (exact) mass is 349 g/mol. The van der Waals surface area contributed by atoms with Gasteiger partial charge in [0.15, 0.2) is 5.60 Å². The molecular formula is C18H27N3O2S. The number of morpholine rings is 1. The molecule has 24 heavy (non-hydrogen) atoms. The van der Waals surface area contributed by atoms with Gasteiger partial charge in [-0.2, -0.15) is 0 Å². The zero-order valence-electron chi connectivity index (χ0n) is 14.6. The number of thiocarbonyl (C=S) groups is 1. The molecule has 2 heterocycles. The quantitative estimate of drug-likeness (QED) is 0.573. The Balaban J connectivity index is 2.24. The normalized spacial score (nSPS) is 17.9. The average Bonchev–Trinajstić information content (AvgIpc) is 2.65. The van der Waals surface area contributed by atoms with Gasteiger partial charge in [-0.3, -0.25) is 9.88 Å². The van der Waals surface area contributed by atoms with E-state index in [9.17, 15) is 0 Å². The molecule has 2 rings (SSSR count). The summed E-state index contributed by atoms with van der Waals surface area (Å²) < 4.78 is 11.4. The third-order valence-electron chi connectivity index (χ3n) is 4.34. The molecule has 0 radical (unpaired) electrons. The Bertz CT molecular complexity index is 546. The lowest BCUT2D eigenvalue weighted by Gasteiger charge is -2.39. The van der Waals surface area contributed by atoms with Crippen LogP contribution in [0.15, 0.2) is 36.5 Å². The molecule has 5 nitrogen and oxygen atoms in total. The van der Waals surface area contributed by atoms with Crippen LogP contribution < -0.4 is 5.32 Å². The molecule has 1 N–H and O–H groups in total. The van der Waals surface area contributed by atoms with Crippen molar-refractivity contribution in [1.82, 2.24) is 15.2 Å². The first-order valence-corrected chi connectivity index (χ1v) is 8.75. The number of hydrogen-bond acceptors (Lipinski definition) is 5. The molecule has 1 atom stereocenters. The minimum Gasteiger partial charge on any atom is -0.379 e. The molecule has 0 aromatic carbocycles. The summed E-state index contributed by atoms with van der Waals surface area (Å²) in [6.07, 6.45) is 2.69. The van der Waals surface area contributed by atoms with Crippen LogP contribution in [0.25, 0.3) is 0 Å². The molecule has 6 heteroatoms. The van der Waals surface area contributed by atoms with Crippen LogP contribution in [0, 0.1) is 0 Å². The molecule has 0 saturated carbocycles. The smallest absolute Gasteiger partial charge is 0.172 e. The van der Waals surface area contributed by atoms with E-state index in [0.29, 0.717) is 18.1 Å². The van der Waals surface area contributed by atoms with E-state index in [1.54, 1.807) is 13.3 Å². The second-order valence-electron chi connectivity index (χ2n) is 5.92. The van der Waals surface area contributed by atoms with E-state index in [2.05, 4.69) is 28.7 Å². The Morgan fingerprint density at radius 1 is 1.46 bits per heavy atom. The van der Waals surface area contributed by atoms with Crippen LogP contribution in [0.5, 0.6) is 0 Å². The number of nitrogens with one attached hydrogen (secondary N) is 1. The molecule has 1 aliphatic heterocycles. The standard InChI is InChI=1S/C18H27N3O2S/c1-4-15(2)13-20-17(24)18(22-3,16-7-5-6-8-19-16)14-21-9-11-23-12-10-21/h5-8H,2,4,9-14H2,1,3H3,(H,20,24). The molecule has 1 fully saturated rings. The third kappa shape index (κ3) is 4.60. The van der Waals surface area contributed by atoms with Crippen LogP contribution >= 0.6 is 12.2 Å². The summed E-state index contributed by atoms with van der Waals surface area (Å²) >= 11 is 5.73. The van der Waals surface area contributed by atoms with Gasteiger partial charge in [0.1, 0.15) is 4.99 Å². The summed E-state index contributed by atoms with van der Waals surface area (Å²) in [5.74, 6) is 0. The Morgan fingerprint density at radius 2 is 2.21 bits per heavy atom. The summed E-state index contributed by atoms with van der Waals surface area (Å²) in [7, 11) is 1.69. The highest BCUT2D eigenvalue weighted by Gasteiger charge is 2.40. The highest BCUT2D eigenvalue weighted by molar-refractivity contribution is 7.80. The first-order chi connectivity index (χ1) is 11.6. The molecule has 1 aromatic heterocycles. The fourth-order valence-electron chi connectivity index (χ4n) is 2.68. The molecule has 0 aliphatic carbocycles. The fourth-order valence-corrected chi connectivity index (χ4v) is 3.00. The van der Waals surface area contributed by atoms with E-state index >= 15 is 0 Å². The van der Waals surface area contributed by atoms with Crippen LogP contribution in [0.4, 0.5) is 0 Å². The van der Waals surface area contributed by atoms with Gasteiger partial charge in [-0.15, -0.1) is 0 Å². The van der Waals surface area contributed by atoms with Crippen molar-refractivity contribution in [2.24, 2.45) is 0 Å². The SMILES string of the molecule is C=C(CC)CNC(=S)C(CN1CCOCC1)(OC)c1ccccn1. The van der Waals surface area contributed by atoms with Gasteiger partial charge in [-0.05, 0) is 18.6 Å². The van der Waals surface area contributed by atoms with Gasteiger partial charge in [0, 0.05) is 39.5 Å². The van der Waals surface area contributed by atoms with Crippen molar-refractivity contribution in [3.05, 3.63) is 42.2 Å². The lowest BCUT2D eigenvalue weighted by molar-refractivity contribution is -0.0253. The molecule has 0 amide bonds. The highest BCUT2D eigenvalue weighted by atomic mass is 32.1. The molecular weight excluding hydrogens is 322 g/mol. The van der Waals surface area contributed by atoms with Gasteiger partial charge in [-0.25, -0.2) is 0 Å². The van der Waals surface area contributed by atoms with Crippen LogP contribution in [-0.4, -0.2) is 61.4 Å². The van der Waals surface area contributed by atoms with Gasteiger partial charge in [0.05, 0.1) is 18.9 Å². The van der Waals surface area contributed by atoms with Crippen molar-refractivity contribution >= 4 is 17.2 Å². The topological polar surface area (TPSA) is 46.6 Å². The van der Waals surface area contributed by atoms with Gasteiger partial charge in [0.2, 0.25) is 0 Å². The lowest BCUT2D eigenvalue weighted by Crippen LogP contribution is -2.54.